The molecule has 9 heterocycles. The fourth-order valence-electron chi connectivity index (χ4n) is 7.37. The minimum absolute atomic E-state index is 0.0143. The van der Waals surface area contributed by atoms with Gasteiger partial charge in [-0.25, -0.2) is 39.5 Å². The number of aromatic nitrogens is 12. The largest absolute Gasteiger partial charge is 0.394 e. The third-order valence-electron chi connectivity index (χ3n) is 10.2. The number of nitrogens with two attached hydrogens (primary N) is 3. The number of nitrogens with zero attached hydrogens (tertiary/aromatic N) is 11. The summed E-state index contributed by atoms with van der Waals surface area (Å²) in [5, 5.41) is 21.0. The molecule has 0 aromatic carbocycles. The van der Waals surface area contributed by atoms with Crippen molar-refractivity contribution in [2.45, 2.75) is 74.6 Å². The van der Waals surface area contributed by atoms with Crippen molar-refractivity contribution in [3.05, 3.63) is 42.0 Å². The van der Waals surface area contributed by atoms with E-state index < -0.39 is 87.6 Å². The lowest BCUT2D eigenvalue weighted by Crippen LogP contribution is -2.30. The van der Waals surface area contributed by atoms with Gasteiger partial charge in [0, 0.05) is 19.3 Å². The van der Waals surface area contributed by atoms with Gasteiger partial charge in [-0.3, -0.25) is 32.5 Å². The summed E-state index contributed by atoms with van der Waals surface area (Å²) in [6, 6.07) is 0. The Labute approximate surface area is 351 Å². The first-order chi connectivity index (χ1) is 29.2. The number of nitrogens with one attached hydrogen (secondary N) is 1. The molecular weight excluding hydrogens is 889 g/mol. The van der Waals surface area contributed by atoms with Crippen LogP contribution >= 0.6 is 25.8 Å². The fraction of sp³-hybridized carbons (Fsp3) is 0.500. The number of aliphatic hydroxyl groups is 2. The van der Waals surface area contributed by atoms with Crippen LogP contribution in [0.3, 0.4) is 0 Å². The van der Waals surface area contributed by atoms with E-state index >= 15 is 0 Å². The second-order valence-corrected chi connectivity index (χ2v) is 19.8. The van der Waals surface area contributed by atoms with Crippen LogP contribution in [0.25, 0.3) is 33.5 Å². The zero-order valence-corrected chi connectivity index (χ0v) is 34.7. The molecule has 0 bridgehead atoms. The highest BCUT2D eigenvalue weighted by Crippen LogP contribution is 2.57. The summed E-state index contributed by atoms with van der Waals surface area (Å²) in [6.45, 7) is -9.77. The lowest BCUT2D eigenvalue weighted by atomic mass is 10.2. The highest BCUT2D eigenvalue weighted by Gasteiger charge is 2.45. The van der Waals surface area contributed by atoms with Crippen LogP contribution in [0.2, 0.25) is 0 Å². The summed E-state index contributed by atoms with van der Waals surface area (Å²) >= 11 is 9.61. The number of aromatic amines is 1. The van der Waals surface area contributed by atoms with Gasteiger partial charge in [-0.2, -0.15) is 4.98 Å². The summed E-state index contributed by atoms with van der Waals surface area (Å²) in [5.41, 5.74) is 18.7. The highest BCUT2D eigenvalue weighted by molar-refractivity contribution is 8.44. The molecule has 0 amide bonds. The zero-order chi connectivity index (χ0) is 42.8. The molecule has 0 radical (unpaired) electrons. The van der Waals surface area contributed by atoms with Crippen molar-refractivity contribution in [1.82, 2.24) is 58.6 Å². The van der Waals surface area contributed by atoms with Crippen molar-refractivity contribution >= 4 is 88.6 Å². The van der Waals surface area contributed by atoms with E-state index in [0.29, 0.717) is 22.3 Å². The fourth-order valence-corrected chi connectivity index (χ4v) is 10.4. The molecule has 0 spiro atoms. The number of hydrogen-bond donors (Lipinski definition) is 8. The molecule has 3 fully saturated rings. The van der Waals surface area contributed by atoms with Crippen molar-refractivity contribution in [3.63, 3.8) is 0 Å². The number of ether oxygens (including phenoxy) is 3. The van der Waals surface area contributed by atoms with Crippen molar-refractivity contribution in [1.29, 1.82) is 0 Å². The van der Waals surface area contributed by atoms with Gasteiger partial charge in [-0.15, -0.1) is 0 Å². The minimum Gasteiger partial charge on any atom is -0.394 e. The standard InChI is InChI=1S/C30H37N15O12P2S2/c31-24-21-26(36-7-34-24)43(9-38-21)18-1-12(47)16(54-18)5-51-58(49,60)57-14-3-19(44-10-39-22-25(32)35-8-37-27(22)44)55-17(14)6-52-59(50,61)56-13-2-20(53-15(13)4-46)45-11-40-23-28(45)41-30(33)42-29(23)48/h7-20,46-47H,1-6H2,(H,49,60)(H,50,61)(H2,31,34,36)(H2,32,35,37)(H3,33,41,42,48)/t12?,13?,14?,15-,16-,17-,18-,19-,20-,58?,59?/m1/s1. The van der Waals surface area contributed by atoms with Gasteiger partial charge in [0.05, 0.1) is 51.0 Å². The summed E-state index contributed by atoms with van der Waals surface area (Å²) in [4.78, 5) is 59.2. The van der Waals surface area contributed by atoms with Crippen LogP contribution in [0.4, 0.5) is 17.6 Å². The molecule has 10 N–H and O–H groups in total. The quantitative estimate of drug-likeness (QED) is 0.0519. The van der Waals surface area contributed by atoms with E-state index in [4.69, 9.17) is 61.3 Å². The average Bonchev–Trinajstić information content (AvgIpc) is 4.06. The van der Waals surface area contributed by atoms with Crippen LogP contribution < -0.4 is 22.8 Å². The Morgan fingerprint density at radius 3 is 1.92 bits per heavy atom. The monoisotopic (exact) mass is 925 g/mol. The average molecular weight is 926 g/mol. The molecule has 3 aliphatic rings. The number of thiol groups is 1. The van der Waals surface area contributed by atoms with Crippen LogP contribution in [0.5, 0.6) is 0 Å². The maximum atomic E-state index is 13.8. The molecule has 9 rings (SSSR count). The molecule has 3 saturated heterocycles. The normalized spacial score (nSPS) is 28.9. The third-order valence-corrected chi connectivity index (χ3v) is 13.5. The van der Waals surface area contributed by atoms with Gasteiger partial charge in [0.1, 0.15) is 66.8 Å². The Kier molecular flexibility index (Phi) is 11.3. The Bertz CT molecular complexity index is 2760. The number of fused-ring (bicyclic) bond motifs is 3. The maximum absolute atomic E-state index is 13.8. The Morgan fingerprint density at radius 2 is 1.30 bits per heavy atom. The first-order valence-corrected chi connectivity index (χ1v) is 23.6. The van der Waals surface area contributed by atoms with Crippen molar-refractivity contribution in [2.24, 2.45) is 0 Å². The Balaban J connectivity index is 0.878. The molecule has 27 nitrogen and oxygen atoms in total. The smallest absolute Gasteiger partial charge is 0.386 e. The van der Waals surface area contributed by atoms with Crippen molar-refractivity contribution in [3.8, 4) is 0 Å². The van der Waals surface area contributed by atoms with Crippen molar-refractivity contribution < 1.29 is 52.0 Å². The van der Waals surface area contributed by atoms with E-state index in [2.05, 4.69) is 57.1 Å². The SMILES string of the molecule is Nc1nc2c(ncn2[C@H]2CC(OP(O)(=S)OC[C@H]3O[C@@H](n4cnc5c(N)ncnc54)CC3OP(=O)(S)OC[C@H]3O[C@@H](n4cnc5c(N)ncnc54)CC3O)[C@@H](CO)O2)c(=O)[nH]1. The number of anilines is 3. The predicted molar refractivity (Wildman–Crippen MR) is 215 cm³/mol. The van der Waals surface area contributed by atoms with Gasteiger partial charge in [-0.1, -0.05) is 12.2 Å². The first kappa shape index (κ1) is 42.0. The van der Waals surface area contributed by atoms with Gasteiger partial charge in [-0.05, 0) is 11.8 Å². The number of rotatable bonds is 14. The van der Waals surface area contributed by atoms with E-state index in [-0.39, 0.29) is 54.6 Å². The van der Waals surface area contributed by atoms with Crippen molar-refractivity contribution in [2.75, 3.05) is 37.0 Å². The lowest BCUT2D eigenvalue weighted by Gasteiger charge is -2.26. The van der Waals surface area contributed by atoms with Crippen LogP contribution in [-0.2, 0) is 48.7 Å². The first-order valence-electron chi connectivity index (χ1n) is 18.3. The number of H-pyrrole nitrogens is 1. The van der Waals surface area contributed by atoms with Gasteiger partial charge < -0.3 is 55.6 Å². The molecule has 11 atom stereocenters. The van der Waals surface area contributed by atoms with Crippen LogP contribution in [0, 0.1) is 0 Å². The minimum atomic E-state index is -4.25. The predicted octanol–water partition coefficient (Wildman–Crippen LogP) is -0.180. The summed E-state index contributed by atoms with van der Waals surface area (Å²) in [7, 11) is 0. The molecule has 6 aromatic heterocycles. The number of hydrogen-bond acceptors (Lipinski definition) is 23. The molecule has 0 aliphatic carbocycles. The van der Waals surface area contributed by atoms with Gasteiger partial charge >= 0.3 is 13.5 Å². The van der Waals surface area contributed by atoms with E-state index in [1.165, 1.54) is 36.2 Å². The van der Waals surface area contributed by atoms with E-state index in [0.717, 1.165) is 0 Å². The van der Waals surface area contributed by atoms with E-state index in [9.17, 15) is 24.5 Å². The lowest BCUT2D eigenvalue weighted by molar-refractivity contribution is -0.0521. The van der Waals surface area contributed by atoms with Crippen LogP contribution in [-0.4, -0.2) is 130 Å². The second-order valence-electron chi connectivity index (χ2n) is 14.1. The summed E-state index contributed by atoms with van der Waals surface area (Å²) in [6.07, 6.45) is -1.60. The molecule has 326 valence electrons. The second kappa shape index (κ2) is 16.4. The van der Waals surface area contributed by atoms with Gasteiger partial charge in [0.25, 0.3) is 5.56 Å². The maximum Gasteiger partial charge on any atom is 0.386 e. The van der Waals surface area contributed by atoms with Gasteiger partial charge in [0.2, 0.25) is 5.95 Å². The molecule has 61 heavy (non-hydrogen) atoms. The summed E-state index contributed by atoms with van der Waals surface area (Å²) < 4.78 is 59.9. The number of aliphatic hydroxyl groups excluding tert-OH is 2. The Morgan fingerprint density at radius 1 is 0.770 bits per heavy atom. The Hall–Kier alpha value is -4.32. The zero-order valence-electron chi connectivity index (χ0n) is 31.2. The van der Waals surface area contributed by atoms with E-state index in [1.807, 2.05) is 0 Å². The number of imidazole rings is 3. The van der Waals surface area contributed by atoms with E-state index in [1.54, 1.807) is 9.13 Å². The highest BCUT2D eigenvalue weighted by atomic mass is 32.7. The molecule has 31 heteroatoms. The molecular formula is C30H37N15O12P2S2. The van der Waals surface area contributed by atoms with Crippen LogP contribution in [0.15, 0.2) is 36.4 Å². The van der Waals surface area contributed by atoms with Crippen LogP contribution in [0.1, 0.15) is 37.9 Å². The van der Waals surface area contributed by atoms with Gasteiger partial charge in [0.15, 0.2) is 34.1 Å². The topological polar surface area (TPSA) is 371 Å². The molecule has 3 aliphatic heterocycles. The molecule has 6 aromatic rings. The molecule has 5 unspecified atom stereocenters. The number of nitrogen functional groups attached to an aromatic ring is 3. The summed E-state index contributed by atoms with van der Waals surface area (Å²) in [5.74, 6) is 0.173. The third kappa shape index (κ3) is 8.34. The molecule has 0 saturated carbocycles.